The van der Waals surface area contributed by atoms with E-state index in [-0.39, 0.29) is 22.9 Å². The van der Waals surface area contributed by atoms with Crippen LogP contribution in [0, 0.1) is 10.1 Å². The average molecular weight is 299 g/mol. The summed E-state index contributed by atoms with van der Waals surface area (Å²) in [6, 6.07) is 1.09. The molecule has 7 nitrogen and oxygen atoms in total. The number of carbonyl (C=O) groups excluding carboxylic acids is 1. The topological polar surface area (TPSA) is 98.0 Å². The molecular formula is C10H7ClN4O3S. The number of hydrogen-bond donors (Lipinski definition) is 1. The third-order valence-corrected chi connectivity index (χ3v) is 3.13. The number of pyridine rings is 1. The van der Waals surface area contributed by atoms with E-state index in [9.17, 15) is 14.9 Å². The molecule has 0 unspecified atom stereocenters. The van der Waals surface area contributed by atoms with Crippen molar-refractivity contribution in [2.24, 2.45) is 0 Å². The van der Waals surface area contributed by atoms with Gasteiger partial charge in [-0.3, -0.25) is 14.9 Å². The number of hydrogen-bond acceptors (Lipinski definition) is 6. The quantitative estimate of drug-likeness (QED) is 0.529. The van der Waals surface area contributed by atoms with E-state index in [1.807, 2.05) is 0 Å². The lowest BCUT2D eigenvalue weighted by Gasteiger charge is -2.04. The highest BCUT2D eigenvalue weighted by atomic mass is 35.5. The zero-order valence-corrected chi connectivity index (χ0v) is 10.9. The van der Waals surface area contributed by atoms with Gasteiger partial charge in [-0.2, -0.15) is 0 Å². The Morgan fingerprint density at radius 2 is 2.32 bits per heavy atom. The number of carbonyl (C=O) groups is 1. The molecule has 2 aromatic heterocycles. The number of halogens is 1. The molecule has 19 heavy (non-hydrogen) atoms. The minimum Gasteiger partial charge on any atom is -0.346 e. The van der Waals surface area contributed by atoms with Crippen LogP contribution in [0.15, 0.2) is 23.2 Å². The molecule has 1 amide bonds. The minimum absolute atomic E-state index is 0.0360. The Bertz CT molecular complexity index is 617. The van der Waals surface area contributed by atoms with Gasteiger partial charge in [-0.25, -0.2) is 9.97 Å². The fourth-order valence-corrected chi connectivity index (χ4v) is 2.03. The summed E-state index contributed by atoms with van der Waals surface area (Å²) in [4.78, 5) is 29.4. The van der Waals surface area contributed by atoms with Gasteiger partial charge in [-0.1, -0.05) is 11.6 Å². The normalized spacial score (nSPS) is 10.2. The van der Waals surface area contributed by atoms with Crippen molar-refractivity contribution in [2.75, 3.05) is 0 Å². The summed E-state index contributed by atoms with van der Waals surface area (Å²) in [6.45, 7) is 0.224. The number of amides is 1. The largest absolute Gasteiger partial charge is 0.346 e. The van der Waals surface area contributed by atoms with Crippen molar-refractivity contribution in [3.63, 3.8) is 0 Å². The Balaban J connectivity index is 2.14. The van der Waals surface area contributed by atoms with Crippen LogP contribution < -0.4 is 5.32 Å². The van der Waals surface area contributed by atoms with Gasteiger partial charge in [0.15, 0.2) is 0 Å². The number of aromatic nitrogens is 2. The van der Waals surface area contributed by atoms with E-state index in [2.05, 4.69) is 15.3 Å². The van der Waals surface area contributed by atoms with Crippen molar-refractivity contribution >= 4 is 34.5 Å². The third kappa shape index (κ3) is 3.24. The zero-order chi connectivity index (χ0) is 13.8. The van der Waals surface area contributed by atoms with Crippen LogP contribution in [-0.2, 0) is 6.54 Å². The van der Waals surface area contributed by atoms with Gasteiger partial charge in [-0.05, 0) is 0 Å². The van der Waals surface area contributed by atoms with E-state index < -0.39 is 10.8 Å². The maximum atomic E-state index is 11.9. The molecule has 0 radical (unpaired) electrons. The molecule has 0 bridgehead atoms. The van der Waals surface area contributed by atoms with Crippen LogP contribution in [0.3, 0.4) is 0 Å². The van der Waals surface area contributed by atoms with Gasteiger partial charge in [0.05, 0.1) is 28.2 Å². The van der Waals surface area contributed by atoms with Crippen LogP contribution in [0.5, 0.6) is 0 Å². The molecule has 0 saturated heterocycles. The van der Waals surface area contributed by atoms with Gasteiger partial charge >= 0.3 is 0 Å². The van der Waals surface area contributed by atoms with Gasteiger partial charge in [0.1, 0.15) is 11.3 Å². The first-order valence-electron chi connectivity index (χ1n) is 5.03. The molecule has 2 aromatic rings. The number of nitrogens with one attached hydrogen (secondary N) is 1. The first-order chi connectivity index (χ1) is 9.08. The lowest BCUT2D eigenvalue weighted by molar-refractivity contribution is -0.385. The predicted molar refractivity (Wildman–Crippen MR) is 69.2 cm³/mol. The van der Waals surface area contributed by atoms with E-state index in [1.54, 1.807) is 10.9 Å². The van der Waals surface area contributed by atoms with Crippen molar-refractivity contribution in [3.8, 4) is 0 Å². The Kier molecular flexibility index (Phi) is 4.03. The van der Waals surface area contributed by atoms with Crippen LogP contribution in [0.4, 0.5) is 5.69 Å². The highest BCUT2D eigenvalue weighted by molar-refractivity contribution is 7.07. The van der Waals surface area contributed by atoms with Gasteiger partial charge in [0.2, 0.25) is 0 Å². The van der Waals surface area contributed by atoms with Gasteiger partial charge in [-0.15, -0.1) is 11.3 Å². The first kappa shape index (κ1) is 13.4. The number of thiazole rings is 1. The smallest absolute Gasteiger partial charge is 0.288 e. The molecule has 0 aromatic carbocycles. The molecule has 0 aliphatic heterocycles. The first-order valence-corrected chi connectivity index (χ1v) is 6.35. The SMILES string of the molecule is O=C(NCc1cscn1)c1cc([N+](=O)[O-])cnc1Cl. The lowest BCUT2D eigenvalue weighted by atomic mass is 10.2. The molecule has 2 rings (SSSR count). The van der Waals surface area contributed by atoms with E-state index in [0.29, 0.717) is 5.69 Å². The van der Waals surface area contributed by atoms with Crippen molar-refractivity contribution < 1.29 is 9.72 Å². The Labute approximate surface area is 116 Å². The van der Waals surface area contributed by atoms with Gasteiger partial charge < -0.3 is 5.32 Å². The summed E-state index contributed by atoms with van der Waals surface area (Å²) < 4.78 is 0. The minimum atomic E-state index is -0.638. The van der Waals surface area contributed by atoms with Crippen molar-refractivity contribution in [2.45, 2.75) is 6.54 Å². The van der Waals surface area contributed by atoms with E-state index >= 15 is 0 Å². The summed E-state index contributed by atoms with van der Waals surface area (Å²) in [5, 5.41) is 14.9. The van der Waals surface area contributed by atoms with E-state index in [0.717, 1.165) is 12.3 Å². The van der Waals surface area contributed by atoms with Crippen molar-refractivity contribution in [1.29, 1.82) is 0 Å². The Morgan fingerprint density at radius 1 is 1.53 bits per heavy atom. The van der Waals surface area contributed by atoms with E-state index in [1.165, 1.54) is 11.3 Å². The van der Waals surface area contributed by atoms with Crippen LogP contribution in [0.25, 0.3) is 0 Å². The molecule has 1 N–H and O–H groups in total. The molecule has 0 aliphatic rings. The van der Waals surface area contributed by atoms with E-state index in [4.69, 9.17) is 11.6 Å². The highest BCUT2D eigenvalue weighted by Crippen LogP contribution is 2.19. The molecular weight excluding hydrogens is 292 g/mol. The zero-order valence-electron chi connectivity index (χ0n) is 9.37. The molecule has 9 heteroatoms. The lowest BCUT2D eigenvalue weighted by Crippen LogP contribution is -2.23. The second-order valence-corrected chi connectivity index (χ2v) is 4.53. The molecule has 2 heterocycles. The molecule has 0 spiro atoms. The molecule has 0 atom stereocenters. The predicted octanol–water partition coefficient (Wildman–Crippen LogP) is 2.03. The van der Waals surface area contributed by atoms with Crippen LogP contribution in [0.2, 0.25) is 5.15 Å². The monoisotopic (exact) mass is 298 g/mol. The average Bonchev–Trinajstić information content (AvgIpc) is 2.89. The number of nitro groups is 1. The standard InChI is InChI=1S/C10H7ClN4O3S/c11-9-8(1-7(3-12-9)15(17)18)10(16)13-2-6-4-19-5-14-6/h1,3-5H,2H2,(H,13,16). The number of rotatable bonds is 4. The summed E-state index contributed by atoms with van der Waals surface area (Å²) in [5.41, 5.74) is 2.02. The van der Waals surface area contributed by atoms with Crippen LogP contribution in [-0.4, -0.2) is 20.8 Å². The van der Waals surface area contributed by atoms with Crippen LogP contribution in [0.1, 0.15) is 16.1 Å². The number of nitrogens with zero attached hydrogens (tertiary/aromatic N) is 3. The summed E-state index contributed by atoms with van der Waals surface area (Å²) >= 11 is 7.15. The Morgan fingerprint density at radius 3 is 2.95 bits per heavy atom. The summed E-state index contributed by atoms with van der Waals surface area (Å²) in [7, 11) is 0. The van der Waals surface area contributed by atoms with Crippen molar-refractivity contribution in [3.05, 3.63) is 49.7 Å². The molecule has 0 saturated carbocycles. The highest BCUT2D eigenvalue weighted by Gasteiger charge is 2.17. The van der Waals surface area contributed by atoms with Gasteiger partial charge in [0.25, 0.3) is 11.6 Å². The Hall–Kier alpha value is -2.06. The van der Waals surface area contributed by atoms with Gasteiger partial charge in [0, 0.05) is 11.4 Å². The summed E-state index contributed by atoms with van der Waals surface area (Å²) in [5.74, 6) is -0.533. The second-order valence-electron chi connectivity index (χ2n) is 3.45. The maximum absolute atomic E-state index is 11.9. The third-order valence-electron chi connectivity index (χ3n) is 2.19. The fourth-order valence-electron chi connectivity index (χ4n) is 1.29. The maximum Gasteiger partial charge on any atom is 0.288 e. The second kappa shape index (κ2) is 5.72. The van der Waals surface area contributed by atoms with Crippen molar-refractivity contribution in [1.82, 2.24) is 15.3 Å². The fraction of sp³-hybridized carbons (Fsp3) is 0.100. The van der Waals surface area contributed by atoms with Crippen LogP contribution >= 0.6 is 22.9 Å². The summed E-state index contributed by atoms with van der Waals surface area (Å²) in [6.07, 6.45) is 1.000. The molecule has 0 aliphatic carbocycles. The molecule has 98 valence electrons. The molecule has 0 fully saturated rings.